The van der Waals surface area contributed by atoms with Crippen LogP contribution < -0.4 is 0 Å². The van der Waals surface area contributed by atoms with Gasteiger partial charge in [0.05, 0.1) is 18.6 Å². The topological polar surface area (TPSA) is 81.1 Å². The third kappa shape index (κ3) is 3.94. The highest BCUT2D eigenvalue weighted by atomic mass is 16.4. The van der Waals surface area contributed by atoms with Crippen molar-refractivity contribution >= 4 is 11.9 Å². The molecule has 2 aliphatic heterocycles. The Morgan fingerprint density at radius 3 is 2.62 bits per heavy atom. The highest BCUT2D eigenvalue weighted by Crippen LogP contribution is 2.26. The van der Waals surface area contributed by atoms with Gasteiger partial charge in [-0.3, -0.25) is 14.5 Å². The predicted octanol–water partition coefficient (Wildman–Crippen LogP) is 0.873. The second kappa shape index (κ2) is 6.91. The first kappa shape index (κ1) is 16.9. The van der Waals surface area contributed by atoms with Crippen molar-refractivity contribution in [3.8, 4) is 0 Å². The molecular formula is C18H24N2O4. The zero-order valence-corrected chi connectivity index (χ0v) is 13.8. The average Bonchev–Trinajstić information content (AvgIpc) is 2.94. The lowest BCUT2D eigenvalue weighted by Gasteiger charge is -2.34. The molecule has 1 atom stereocenters. The van der Waals surface area contributed by atoms with Crippen molar-refractivity contribution in [3.05, 3.63) is 35.4 Å². The number of carbonyl (C=O) groups excluding carboxylic acids is 1. The Labute approximate surface area is 141 Å². The third-order valence-corrected chi connectivity index (χ3v) is 4.97. The Morgan fingerprint density at radius 1 is 1.12 bits per heavy atom. The van der Waals surface area contributed by atoms with Gasteiger partial charge in [-0.25, -0.2) is 0 Å². The summed E-state index contributed by atoms with van der Waals surface area (Å²) < 4.78 is 0. The van der Waals surface area contributed by atoms with Gasteiger partial charge in [-0.2, -0.15) is 0 Å². The summed E-state index contributed by atoms with van der Waals surface area (Å²) in [5, 5.41) is 19.5. The van der Waals surface area contributed by atoms with Crippen LogP contribution in [0.4, 0.5) is 0 Å². The Morgan fingerprint density at radius 2 is 1.88 bits per heavy atom. The van der Waals surface area contributed by atoms with E-state index in [0.29, 0.717) is 26.1 Å². The molecule has 2 heterocycles. The molecule has 0 aliphatic carbocycles. The number of aliphatic hydroxyl groups is 1. The van der Waals surface area contributed by atoms with E-state index in [1.54, 1.807) is 4.90 Å². The van der Waals surface area contributed by atoms with Gasteiger partial charge in [0, 0.05) is 32.6 Å². The van der Waals surface area contributed by atoms with Crippen LogP contribution >= 0.6 is 0 Å². The predicted molar refractivity (Wildman–Crippen MR) is 88.4 cm³/mol. The van der Waals surface area contributed by atoms with Gasteiger partial charge in [0.1, 0.15) is 0 Å². The SMILES string of the molecule is O=C(O)CCC(=O)N1CC[C@@](O)(CN2CCc3ccccc3C2)C1. The number of rotatable bonds is 5. The fourth-order valence-corrected chi connectivity index (χ4v) is 3.68. The molecule has 1 amide bonds. The van der Waals surface area contributed by atoms with E-state index in [1.165, 1.54) is 11.1 Å². The fourth-order valence-electron chi connectivity index (χ4n) is 3.68. The van der Waals surface area contributed by atoms with Gasteiger partial charge in [-0.15, -0.1) is 0 Å². The number of carbonyl (C=O) groups is 2. The maximum atomic E-state index is 12.0. The molecule has 1 fully saturated rings. The molecule has 6 nitrogen and oxygen atoms in total. The van der Waals surface area contributed by atoms with Gasteiger partial charge >= 0.3 is 5.97 Å². The van der Waals surface area contributed by atoms with E-state index < -0.39 is 11.6 Å². The largest absolute Gasteiger partial charge is 0.481 e. The van der Waals surface area contributed by atoms with Crippen LogP contribution in [0.2, 0.25) is 0 Å². The number of carboxylic acid groups (broad SMARTS) is 1. The van der Waals surface area contributed by atoms with Crippen molar-refractivity contribution in [1.29, 1.82) is 0 Å². The van der Waals surface area contributed by atoms with Crippen LogP contribution in [-0.2, 0) is 22.6 Å². The number of β-amino-alcohol motifs (C(OH)–C–C–N with tert-alkyl or cyclic N) is 1. The van der Waals surface area contributed by atoms with Crippen LogP contribution in [-0.4, -0.2) is 63.7 Å². The number of hydrogen-bond donors (Lipinski definition) is 2. The highest BCUT2D eigenvalue weighted by Gasteiger charge is 2.39. The summed E-state index contributed by atoms with van der Waals surface area (Å²) in [6, 6.07) is 8.37. The van der Waals surface area contributed by atoms with Crippen LogP contribution in [0.3, 0.4) is 0 Å². The van der Waals surface area contributed by atoms with E-state index in [1.807, 2.05) is 6.07 Å². The minimum atomic E-state index is -0.968. The van der Waals surface area contributed by atoms with E-state index in [0.717, 1.165) is 19.5 Å². The second-order valence-electron chi connectivity index (χ2n) is 6.91. The zero-order chi connectivity index (χ0) is 17.2. The molecule has 1 aromatic carbocycles. The third-order valence-electron chi connectivity index (χ3n) is 4.97. The number of hydrogen-bond acceptors (Lipinski definition) is 4. The van der Waals surface area contributed by atoms with Crippen LogP contribution in [0.15, 0.2) is 24.3 Å². The van der Waals surface area contributed by atoms with Crippen molar-refractivity contribution in [2.45, 2.75) is 37.8 Å². The quantitative estimate of drug-likeness (QED) is 0.836. The van der Waals surface area contributed by atoms with E-state index in [4.69, 9.17) is 5.11 Å². The Hall–Kier alpha value is -1.92. The van der Waals surface area contributed by atoms with Gasteiger partial charge in [0.2, 0.25) is 5.91 Å². The molecule has 1 aromatic rings. The lowest BCUT2D eigenvalue weighted by molar-refractivity contribution is -0.140. The first-order valence-electron chi connectivity index (χ1n) is 8.46. The molecule has 0 aromatic heterocycles. The smallest absolute Gasteiger partial charge is 0.303 e. The maximum absolute atomic E-state index is 12.0. The normalized spacial score (nSPS) is 24.0. The fraction of sp³-hybridized carbons (Fsp3) is 0.556. The number of nitrogens with zero attached hydrogens (tertiary/aromatic N) is 2. The van der Waals surface area contributed by atoms with Crippen molar-refractivity contribution in [2.24, 2.45) is 0 Å². The molecule has 0 unspecified atom stereocenters. The second-order valence-corrected chi connectivity index (χ2v) is 6.91. The Balaban J connectivity index is 1.54. The summed E-state index contributed by atoms with van der Waals surface area (Å²) in [6.45, 7) is 3.07. The van der Waals surface area contributed by atoms with Gasteiger partial charge in [0.15, 0.2) is 0 Å². The summed E-state index contributed by atoms with van der Waals surface area (Å²) >= 11 is 0. The maximum Gasteiger partial charge on any atom is 0.303 e. The standard InChI is InChI=1S/C18H24N2O4/c21-16(5-6-17(22)23)20-10-8-18(24,13-20)12-19-9-7-14-3-1-2-4-15(14)11-19/h1-4,24H,5-13H2,(H,22,23)/t18-/m1/s1. The number of benzene rings is 1. The molecule has 0 saturated carbocycles. The minimum absolute atomic E-state index is 0.00248. The number of fused-ring (bicyclic) bond motifs is 1. The van der Waals surface area contributed by atoms with Crippen molar-refractivity contribution in [1.82, 2.24) is 9.80 Å². The molecule has 3 rings (SSSR count). The molecule has 0 spiro atoms. The summed E-state index contributed by atoms with van der Waals surface area (Å²) in [7, 11) is 0. The monoisotopic (exact) mass is 332 g/mol. The Bertz CT molecular complexity index is 633. The van der Waals surface area contributed by atoms with Crippen LogP contribution in [0.5, 0.6) is 0 Å². The van der Waals surface area contributed by atoms with Gasteiger partial charge in [-0.05, 0) is 24.0 Å². The molecule has 2 aliphatic rings. The lowest BCUT2D eigenvalue weighted by Crippen LogP contribution is -2.47. The number of aliphatic carboxylic acids is 1. The Kier molecular flexibility index (Phi) is 4.87. The molecule has 1 saturated heterocycles. The van der Waals surface area contributed by atoms with Gasteiger partial charge in [0.25, 0.3) is 0 Å². The molecule has 24 heavy (non-hydrogen) atoms. The molecule has 6 heteroatoms. The highest BCUT2D eigenvalue weighted by molar-refractivity contribution is 5.81. The molecule has 2 N–H and O–H groups in total. The summed E-state index contributed by atoms with van der Waals surface area (Å²) in [6.07, 6.45) is 1.37. The van der Waals surface area contributed by atoms with Gasteiger partial charge < -0.3 is 15.1 Å². The average molecular weight is 332 g/mol. The van der Waals surface area contributed by atoms with Crippen LogP contribution in [0.1, 0.15) is 30.4 Å². The van der Waals surface area contributed by atoms with E-state index in [2.05, 4.69) is 23.1 Å². The number of carboxylic acids is 1. The van der Waals surface area contributed by atoms with Crippen LogP contribution in [0.25, 0.3) is 0 Å². The molecule has 0 radical (unpaired) electrons. The van der Waals surface area contributed by atoms with Crippen molar-refractivity contribution < 1.29 is 19.8 Å². The van der Waals surface area contributed by atoms with E-state index in [-0.39, 0.29) is 18.7 Å². The zero-order valence-electron chi connectivity index (χ0n) is 13.8. The first-order chi connectivity index (χ1) is 11.5. The van der Waals surface area contributed by atoms with Crippen molar-refractivity contribution in [2.75, 3.05) is 26.2 Å². The molecule has 0 bridgehead atoms. The number of amides is 1. The first-order valence-corrected chi connectivity index (χ1v) is 8.46. The minimum Gasteiger partial charge on any atom is -0.481 e. The molecular weight excluding hydrogens is 308 g/mol. The summed E-state index contributed by atoms with van der Waals surface area (Å²) in [4.78, 5) is 26.5. The van der Waals surface area contributed by atoms with Crippen molar-refractivity contribution in [3.63, 3.8) is 0 Å². The number of likely N-dealkylation sites (tertiary alicyclic amines) is 1. The lowest BCUT2D eigenvalue weighted by atomic mass is 9.97. The van der Waals surface area contributed by atoms with Gasteiger partial charge in [-0.1, -0.05) is 24.3 Å². The summed E-state index contributed by atoms with van der Waals surface area (Å²) in [5.74, 6) is -1.15. The van der Waals surface area contributed by atoms with E-state index >= 15 is 0 Å². The summed E-state index contributed by atoms with van der Waals surface area (Å²) in [5.41, 5.74) is 1.78. The molecule has 130 valence electrons. The van der Waals surface area contributed by atoms with E-state index in [9.17, 15) is 14.7 Å². The van der Waals surface area contributed by atoms with Crippen LogP contribution in [0, 0.1) is 0 Å².